The Bertz CT molecular complexity index is 588. The number of benzene rings is 1. The minimum Gasteiger partial charge on any atom is -0.346 e. The summed E-state index contributed by atoms with van der Waals surface area (Å²) >= 11 is 1.90. The van der Waals surface area contributed by atoms with Crippen molar-refractivity contribution in [3.05, 3.63) is 30.1 Å². The van der Waals surface area contributed by atoms with Crippen LogP contribution in [-0.2, 0) is 4.79 Å². The van der Waals surface area contributed by atoms with Gasteiger partial charge in [-0.1, -0.05) is 12.1 Å². The third kappa shape index (κ3) is 3.57. The number of para-hydroxylation sites is 2. The molecule has 2 aromatic rings. The maximum atomic E-state index is 12.1. The van der Waals surface area contributed by atoms with Crippen LogP contribution in [0.25, 0.3) is 11.0 Å². The molecule has 0 spiro atoms. The highest BCUT2D eigenvalue weighted by molar-refractivity contribution is 7.99. The summed E-state index contributed by atoms with van der Waals surface area (Å²) in [7, 11) is 0. The van der Waals surface area contributed by atoms with Gasteiger partial charge in [-0.25, -0.2) is 4.98 Å². The number of thioether (sulfide) groups is 1. The van der Waals surface area contributed by atoms with Gasteiger partial charge in [-0.3, -0.25) is 4.79 Å². The first kappa shape index (κ1) is 14.4. The molecule has 2 heterocycles. The summed E-state index contributed by atoms with van der Waals surface area (Å²) in [5.74, 6) is 3.01. The second-order valence-electron chi connectivity index (χ2n) is 5.36. The fourth-order valence-corrected chi connectivity index (χ4v) is 3.47. The predicted molar refractivity (Wildman–Crippen MR) is 86.4 cm³/mol. The molecule has 1 aromatic heterocycles. The van der Waals surface area contributed by atoms with E-state index < -0.39 is 0 Å². The SMILES string of the molecule is CC(NC(=O)CC1CSCCN1)c1nc2ccccc2[nH]1. The van der Waals surface area contributed by atoms with Gasteiger partial charge in [0.1, 0.15) is 5.82 Å². The second-order valence-corrected chi connectivity index (χ2v) is 6.51. The third-order valence-electron chi connectivity index (χ3n) is 3.63. The Labute approximate surface area is 128 Å². The Balaban J connectivity index is 1.59. The number of fused-ring (bicyclic) bond motifs is 1. The number of amides is 1. The van der Waals surface area contributed by atoms with Crippen molar-refractivity contribution in [3.8, 4) is 0 Å². The average Bonchev–Trinajstić information content (AvgIpc) is 2.92. The average molecular weight is 304 g/mol. The summed E-state index contributed by atoms with van der Waals surface area (Å²) in [6.07, 6.45) is 0.525. The third-order valence-corrected chi connectivity index (χ3v) is 4.76. The number of aromatic nitrogens is 2. The Kier molecular flexibility index (Phi) is 4.45. The van der Waals surface area contributed by atoms with E-state index in [1.807, 2.05) is 43.0 Å². The van der Waals surface area contributed by atoms with Gasteiger partial charge >= 0.3 is 0 Å². The zero-order chi connectivity index (χ0) is 14.7. The number of imidazole rings is 1. The topological polar surface area (TPSA) is 69.8 Å². The minimum atomic E-state index is -0.110. The second kappa shape index (κ2) is 6.49. The van der Waals surface area contributed by atoms with Gasteiger partial charge in [0.05, 0.1) is 17.1 Å². The molecule has 1 fully saturated rings. The van der Waals surface area contributed by atoms with Gasteiger partial charge in [0.15, 0.2) is 0 Å². The molecule has 5 nitrogen and oxygen atoms in total. The van der Waals surface area contributed by atoms with E-state index in [1.165, 1.54) is 0 Å². The van der Waals surface area contributed by atoms with Gasteiger partial charge in [-0.15, -0.1) is 0 Å². The Morgan fingerprint density at radius 1 is 1.52 bits per heavy atom. The molecule has 1 aromatic carbocycles. The Morgan fingerprint density at radius 2 is 2.38 bits per heavy atom. The standard InChI is InChI=1S/C15H20N4OS/c1-10(15-18-12-4-2-3-5-13(12)19-15)17-14(20)8-11-9-21-7-6-16-11/h2-5,10-11,16H,6-9H2,1H3,(H,17,20)(H,18,19). The van der Waals surface area contributed by atoms with E-state index in [2.05, 4.69) is 20.6 Å². The van der Waals surface area contributed by atoms with E-state index >= 15 is 0 Å². The van der Waals surface area contributed by atoms with Gasteiger partial charge in [0.2, 0.25) is 5.91 Å². The summed E-state index contributed by atoms with van der Waals surface area (Å²) in [5, 5.41) is 6.40. The van der Waals surface area contributed by atoms with Crippen molar-refractivity contribution in [1.29, 1.82) is 0 Å². The van der Waals surface area contributed by atoms with E-state index in [9.17, 15) is 4.79 Å². The highest BCUT2D eigenvalue weighted by atomic mass is 32.2. The van der Waals surface area contributed by atoms with E-state index in [0.717, 1.165) is 34.9 Å². The van der Waals surface area contributed by atoms with Crippen LogP contribution in [0.4, 0.5) is 0 Å². The molecule has 0 radical (unpaired) electrons. The van der Waals surface area contributed by atoms with Gasteiger partial charge in [0.25, 0.3) is 0 Å². The molecule has 112 valence electrons. The van der Waals surface area contributed by atoms with E-state index in [-0.39, 0.29) is 18.0 Å². The molecule has 3 N–H and O–H groups in total. The number of carbonyl (C=O) groups is 1. The van der Waals surface area contributed by atoms with E-state index in [0.29, 0.717) is 6.42 Å². The van der Waals surface area contributed by atoms with Crippen molar-refractivity contribution < 1.29 is 4.79 Å². The molecule has 1 amide bonds. The van der Waals surface area contributed by atoms with Crippen LogP contribution in [0.5, 0.6) is 0 Å². The highest BCUT2D eigenvalue weighted by Crippen LogP contribution is 2.16. The lowest BCUT2D eigenvalue weighted by atomic mass is 10.2. The van der Waals surface area contributed by atoms with Crippen molar-refractivity contribution in [2.75, 3.05) is 18.1 Å². The Morgan fingerprint density at radius 3 is 3.14 bits per heavy atom. The zero-order valence-corrected chi connectivity index (χ0v) is 12.9. The van der Waals surface area contributed by atoms with Crippen LogP contribution in [0.15, 0.2) is 24.3 Å². The van der Waals surface area contributed by atoms with Crippen molar-refractivity contribution in [2.24, 2.45) is 0 Å². The number of nitrogens with one attached hydrogen (secondary N) is 3. The molecule has 6 heteroatoms. The summed E-state index contributed by atoms with van der Waals surface area (Å²) < 4.78 is 0. The molecule has 1 aliphatic rings. The lowest BCUT2D eigenvalue weighted by Crippen LogP contribution is -2.41. The summed E-state index contributed by atoms with van der Waals surface area (Å²) in [6, 6.07) is 8.06. The number of rotatable bonds is 4. The molecule has 3 rings (SSSR count). The number of nitrogens with zero attached hydrogens (tertiary/aromatic N) is 1. The number of carbonyl (C=O) groups excluding carboxylic acids is 1. The molecular formula is C15H20N4OS. The molecule has 2 atom stereocenters. The van der Waals surface area contributed by atoms with Crippen LogP contribution in [-0.4, -0.2) is 40.0 Å². The molecule has 1 saturated heterocycles. The Hall–Kier alpha value is -1.53. The summed E-state index contributed by atoms with van der Waals surface area (Å²) in [4.78, 5) is 19.9. The fourth-order valence-electron chi connectivity index (χ4n) is 2.52. The number of aromatic amines is 1. The molecule has 0 aliphatic carbocycles. The van der Waals surface area contributed by atoms with Gasteiger partial charge in [0, 0.05) is 30.5 Å². The van der Waals surface area contributed by atoms with Crippen molar-refractivity contribution in [2.45, 2.75) is 25.4 Å². The molecular weight excluding hydrogens is 284 g/mol. The molecule has 0 saturated carbocycles. The van der Waals surface area contributed by atoms with Crippen LogP contribution < -0.4 is 10.6 Å². The van der Waals surface area contributed by atoms with Crippen LogP contribution in [0.1, 0.15) is 25.2 Å². The molecule has 0 bridgehead atoms. The monoisotopic (exact) mass is 304 g/mol. The minimum absolute atomic E-state index is 0.0722. The smallest absolute Gasteiger partial charge is 0.222 e. The zero-order valence-electron chi connectivity index (χ0n) is 12.1. The highest BCUT2D eigenvalue weighted by Gasteiger charge is 2.19. The van der Waals surface area contributed by atoms with E-state index in [4.69, 9.17) is 0 Å². The van der Waals surface area contributed by atoms with E-state index in [1.54, 1.807) is 0 Å². The first-order valence-corrected chi connectivity index (χ1v) is 8.43. The largest absolute Gasteiger partial charge is 0.346 e. The lowest BCUT2D eigenvalue weighted by molar-refractivity contribution is -0.122. The molecule has 1 aliphatic heterocycles. The predicted octanol–water partition coefficient (Wildman–Crippen LogP) is 1.84. The van der Waals surface area contributed by atoms with Crippen LogP contribution in [0, 0.1) is 0 Å². The maximum Gasteiger partial charge on any atom is 0.222 e. The first-order valence-electron chi connectivity index (χ1n) is 7.27. The van der Waals surface area contributed by atoms with Crippen LogP contribution in [0.2, 0.25) is 0 Å². The molecule has 21 heavy (non-hydrogen) atoms. The van der Waals surface area contributed by atoms with Gasteiger partial charge < -0.3 is 15.6 Å². The lowest BCUT2D eigenvalue weighted by Gasteiger charge is -2.23. The van der Waals surface area contributed by atoms with Crippen LogP contribution >= 0.6 is 11.8 Å². The fraction of sp³-hybridized carbons (Fsp3) is 0.467. The number of hydrogen-bond donors (Lipinski definition) is 3. The van der Waals surface area contributed by atoms with Gasteiger partial charge in [-0.05, 0) is 19.1 Å². The summed E-state index contributed by atoms with van der Waals surface area (Å²) in [6.45, 7) is 2.94. The molecule has 2 unspecified atom stereocenters. The van der Waals surface area contributed by atoms with Crippen molar-refractivity contribution >= 4 is 28.7 Å². The normalized spacial score (nSPS) is 20.3. The first-order chi connectivity index (χ1) is 10.2. The quantitative estimate of drug-likeness (QED) is 0.806. The number of hydrogen-bond acceptors (Lipinski definition) is 4. The van der Waals surface area contributed by atoms with Crippen molar-refractivity contribution in [1.82, 2.24) is 20.6 Å². The summed E-state index contributed by atoms with van der Waals surface area (Å²) in [5.41, 5.74) is 1.93. The number of H-pyrrole nitrogens is 1. The van der Waals surface area contributed by atoms with Crippen LogP contribution in [0.3, 0.4) is 0 Å². The van der Waals surface area contributed by atoms with Gasteiger partial charge in [-0.2, -0.15) is 11.8 Å². The van der Waals surface area contributed by atoms with Crippen molar-refractivity contribution in [3.63, 3.8) is 0 Å². The maximum absolute atomic E-state index is 12.1.